The number of nitrogens with zero attached hydrogens (tertiary/aromatic N) is 2. The van der Waals surface area contributed by atoms with Gasteiger partial charge in [0.1, 0.15) is 11.5 Å². The van der Waals surface area contributed by atoms with Gasteiger partial charge in [0.25, 0.3) is 0 Å². The first-order valence-corrected chi connectivity index (χ1v) is 12.9. The maximum atomic E-state index is 13.2. The Labute approximate surface area is 218 Å². The van der Waals surface area contributed by atoms with Crippen molar-refractivity contribution in [3.05, 3.63) is 71.4 Å². The number of methoxy groups -OCH3 is 2. The topological polar surface area (TPSA) is 70.0 Å². The number of benzene rings is 2. The average Bonchev–Trinajstić information content (AvgIpc) is 3.27. The Hall–Kier alpha value is -3.74. The van der Waals surface area contributed by atoms with E-state index in [0.717, 1.165) is 54.4 Å². The van der Waals surface area contributed by atoms with Crippen LogP contribution >= 0.6 is 0 Å². The molecule has 0 radical (unpaired) electrons. The van der Waals surface area contributed by atoms with E-state index in [1.54, 1.807) is 21.1 Å². The van der Waals surface area contributed by atoms with E-state index < -0.39 is 0 Å². The fourth-order valence-corrected chi connectivity index (χ4v) is 5.07. The lowest BCUT2D eigenvalue weighted by Crippen LogP contribution is -2.38. The zero-order chi connectivity index (χ0) is 26.4. The van der Waals surface area contributed by atoms with Crippen LogP contribution in [0.4, 0.5) is 0 Å². The third-order valence-electron chi connectivity index (χ3n) is 7.21. The molecule has 0 spiro atoms. The summed E-state index contributed by atoms with van der Waals surface area (Å²) in [6.07, 6.45) is 2.24. The molecule has 7 heteroatoms. The van der Waals surface area contributed by atoms with Crippen molar-refractivity contribution in [1.29, 1.82) is 0 Å². The molecule has 37 heavy (non-hydrogen) atoms. The lowest BCUT2D eigenvalue weighted by Gasteiger charge is -2.32. The number of ether oxygens (including phenoxy) is 3. The fraction of sp³-hybridized carbons (Fsp3) is 0.400. The molecule has 0 N–H and O–H groups in total. The van der Waals surface area contributed by atoms with Crippen molar-refractivity contribution in [2.24, 2.45) is 0 Å². The monoisotopic (exact) mass is 504 g/mol. The van der Waals surface area contributed by atoms with E-state index >= 15 is 0 Å². The number of hydrogen-bond donors (Lipinski definition) is 0. The summed E-state index contributed by atoms with van der Waals surface area (Å²) >= 11 is 0. The maximum Gasteiger partial charge on any atom is 0.339 e. The molecule has 1 aromatic heterocycles. The average molecular weight is 505 g/mol. The molecule has 2 aromatic carbocycles. The number of aromatic nitrogens is 1. The first kappa shape index (κ1) is 26.3. The van der Waals surface area contributed by atoms with Gasteiger partial charge < -0.3 is 23.7 Å². The maximum absolute atomic E-state index is 13.2. The van der Waals surface area contributed by atoms with Crippen LogP contribution in [0.15, 0.2) is 54.6 Å². The summed E-state index contributed by atoms with van der Waals surface area (Å²) in [6.45, 7) is 5.98. The summed E-state index contributed by atoms with van der Waals surface area (Å²) in [5, 5.41) is 0. The fourth-order valence-electron chi connectivity index (χ4n) is 5.07. The number of esters is 1. The second-order valence-electron chi connectivity index (χ2n) is 9.31. The normalized spacial score (nSPS) is 13.9. The standard InChI is InChI=1S/C30H36N2O5/c1-5-37-30(34)27-20-28(23-9-11-25(35-3)12-10-23)32(21(27)2)18-15-29(33)31-16-13-22(14-17-31)24-7-6-8-26(19-24)36-4/h6-12,19-20,22H,5,13-18H2,1-4H3. The van der Waals surface area contributed by atoms with Crippen LogP contribution < -0.4 is 9.47 Å². The molecule has 1 amide bonds. The van der Waals surface area contributed by atoms with Crippen molar-refractivity contribution in [2.45, 2.75) is 45.6 Å². The minimum absolute atomic E-state index is 0.135. The van der Waals surface area contributed by atoms with Gasteiger partial charge in [0, 0.05) is 37.4 Å². The highest BCUT2D eigenvalue weighted by molar-refractivity contribution is 5.92. The molecule has 0 aliphatic carbocycles. The van der Waals surface area contributed by atoms with Crippen LogP contribution in [0.25, 0.3) is 11.3 Å². The first-order chi connectivity index (χ1) is 17.9. The van der Waals surface area contributed by atoms with Crippen molar-refractivity contribution >= 4 is 11.9 Å². The minimum atomic E-state index is -0.348. The molecule has 4 rings (SSSR count). The number of carbonyl (C=O) groups excluding carboxylic acids is 2. The Morgan fingerprint density at radius 3 is 2.30 bits per heavy atom. The number of carbonyl (C=O) groups is 2. The van der Waals surface area contributed by atoms with Crippen LogP contribution in [0.5, 0.6) is 11.5 Å². The molecule has 1 aliphatic heterocycles. The number of rotatable bonds is 9. The Morgan fingerprint density at radius 2 is 1.65 bits per heavy atom. The van der Waals surface area contributed by atoms with Gasteiger partial charge in [0.15, 0.2) is 0 Å². The van der Waals surface area contributed by atoms with Gasteiger partial charge in [-0.25, -0.2) is 4.79 Å². The van der Waals surface area contributed by atoms with Crippen LogP contribution in [-0.2, 0) is 16.1 Å². The predicted molar refractivity (Wildman–Crippen MR) is 143 cm³/mol. The number of hydrogen-bond acceptors (Lipinski definition) is 5. The molecular formula is C30H36N2O5. The molecular weight excluding hydrogens is 468 g/mol. The Morgan fingerprint density at radius 1 is 0.946 bits per heavy atom. The van der Waals surface area contributed by atoms with Crippen molar-refractivity contribution in [1.82, 2.24) is 9.47 Å². The van der Waals surface area contributed by atoms with Gasteiger partial charge >= 0.3 is 5.97 Å². The van der Waals surface area contributed by atoms with Crippen molar-refractivity contribution in [2.75, 3.05) is 33.9 Å². The quantitative estimate of drug-likeness (QED) is 0.362. The van der Waals surface area contributed by atoms with Gasteiger partial charge in [0.2, 0.25) is 5.91 Å². The Balaban J connectivity index is 1.46. The molecule has 7 nitrogen and oxygen atoms in total. The van der Waals surface area contributed by atoms with E-state index in [-0.39, 0.29) is 11.9 Å². The van der Waals surface area contributed by atoms with Gasteiger partial charge in [0.05, 0.1) is 26.4 Å². The van der Waals surface area contributed by atoms with E-state index in [4.69, 9.17) is 14.2 Å². The summed E-state index contributed by atoms with van der Waals surface area (Å²) in [7, 11) is 3.31. The van der Waals surface area contributed by atoms with E-state index in [2.05, 4.69) is 16.7 Å². The van der Waals surface area contributed by atoms with Crippen LogP contribution in [-0.4, -0.2) is 55.3 Å². The number of likely N-dealkylation sites (tertiary alicyclic amines) is 1. The zero-order valence-corrected chi connectivity index (χ0v) is 22.2. The second kappa shape index (κ2) is 12.0. The molecule has 0 atom stereocenters. The third-order valence-corrected chi connectivity index (χ3v) is 7.21. The van der Waals surface area contributed by atoms with Gasteiger partial charge in [-0.15, -0.1) is 0 Å². The van der Waals surface area contributed by atoms with Crippen molar-refractivity contribution < 1.29 is 23.8 Å². The van der Waals surface area contributed by atoms with E-state index in [1.165, 1.54) is 5.56 Å². The lowest BCUT2D eigenvalue weighted by molar-refractivity contribution is -0.132. The van der Waals surface area contributed by atoms with Crippen LogP contribution in [0, 0.1) is 6.92 Å². The van der Waals surface area contributed by atoms with Crippen LogP contribution in [0.1, 0.15) is 53.7 Å². The predicted octanol–water partition coefficient (Wildman–Crippen LogP) is 5.45. The van der Waals surface area contributed by atoms with Gasteiger partial charge in [-0.1, -0.05) is 12.1 Å². The lowest BCUT2D eigenvalue weighted by atomic mass is 9.89. The molecule has 0 unspecified atom stereocenters. The molecule has 0 saturated carbocycles. The van der Waals surface area contributed by atoms with E-state index in [0.29, 0.717) is 31.1 Å². The van der Waals surface area contributed by atoms with Crippen LogP contribution in [0.3, 0.4) is 0 Å². The third kappa shape index (κ3) is 5.98. The highest BCUT2D eigenvalue weighted by Gasteiger charge is 2.25. The minimum Gasteiger partial charge on any atom is -0.497 e. The molecule has 3 aromatic rings. The van der Waals surface area contributed by atoms with Crippen LogP contribution in [0.2, 0.25) is 0 Å². The summed E-state index contributed by atoms with van der Waals surface area (Å²) in [4.78, 5) is 27.8. The number of amides is 1. The molecule has 1 fully saturated rings. The Bertz CT molecular complexity index is 1220. The van der Waals surface area contributed by atoms with E-state index in [1.807, 2.05) is 54.3 Å². The smallest absolute Gasteiger partial charge is 0.339 e. The summed E-state index contributed by atoms with van der Waals surface area (Å²) in [6, 6.07) is 17.8. The summed E-state index contributed by atoms with van der Waals surface area (Å²) in [5.74, 6) is 1.85. The second-order valence-corrected chi connectivity index (χ2v) is 9.31. The van der Waals surface area contributed by atoms with Gasteiger partial charge in [-0.2, -0.15) is 0 Å². The Kier molecular flexibility index (Phi) is 8.54. The molecule has 2 heterocycles. The summed E-state index contributed by atoms with van der Waals surface area (Å²) < 4.78 is 18.0. The molecule has 0 bridgehead atoms. The largest absolute Gasteiger partial charge is 0.497 e. The van der Waals surface area contributed by atoms with Crippen molar-refractivity contribution in [3.63, 3.8) is 0 Å². The zero-order valence-electron chi connectivity index (χ0n) is 22.2. The highest BCUT2D eigenvalue weighted by atomic mass is 16.5. The highest BCUT2D eigenvalue weighted by Crippen LogP contribution is 2.31. The first-order valence-electron chi connectivity index (χ1n) is 12.9. The van der Waals surface area contributed by atoms with Crippen molar-refractivity contribution in [3.8, 4) is 22.8 Å². The number of piperidine rings is 1. The molecule has 1 aliphatic rings. The molecule has 196 valence electrons. The van der Waals surface area contributed by atoms with Gasteiger partial charge in [-0.3, -0.25) is 4.79 Å². The molecule has 1 saturated heterocycles. The SMILES string of the molecule is CCOC(=O)c1cc(-c2ccc(OC)cc2)n(CCC(=O)N2CCC(c3cccc(OC)c3)CC2)c1C. The summed E-state index contributed by atoms with van der Waals surface area (Å²) in [5.41, 5.74) is 4.43. The van der Waals surface area contributed by atoms with Gasteiger partial charge in [-0.05, 0) is 86.2 Å². The van der Waals surface area contributed by atoms with E-state index in [9.17, 15) is 9.59 Å².